The minimum absolute atomic E-state index is 0.0995. The summed E-state index contributed by atoms with van der Waals surface area (Å²) in [6.07, 6.45) is 2.59. The van der Waals surface area contributed by atoms with Crippen molar-refractivity contribution < 1.29 is 4.79 Å². The number of benzene rings is 1. The molecule has 1 fully saturated rings. The Morgan fingerprint density at radius 3 is 2.74 bits per heavy atom. The first-order chi connectivity index (χ1) is 10.9. The van der Waals surface area contributed by atoms with Gasteiger partial charge in [0.25, 0.3) is 0 Å². The van der Waals surface area contributed by atoms with E-state index in [0.717, 1.165) is 35.5 Å². The van der Waals surface area contributed by atoms with Crippen LogP contribution in [-0.2, 0) is 4.79 Å². The van der Waals surface area contributed by atoms with Crippen molar-refractivity contribution in [3.05, 3.63) is 29.3 Å². The number of amides is 1. The van der Waals surface area contributed by atoms with Crippen LogP contribution in [0.1, 0.15) is 33.6 Å². The Labute approximate surface area is 149 Å². The lowest BCUT2D eigenvalue weighted by Gasteiger charge is -2.33. The maximum Gasteiger partial charge on any atom is 0.233 e. The monoisotopic (exact) mass is 354 g/mol. The highest BCUT2D eigenvalue weighted by Crippen LogP contribution is 2.24. The SMILES string of the molecule is CC1CCCN(CC(C)NC(=O)C(C)Sc2ccc(Cl)cc2)C1. The topological polar surface area (TPSA) is 32.3 Å². The molecule has 5 heteroatoms. The van der Waals surface area contributed by atoms with Crippen molar-refractivity contribution in [3.8, 4) is 0 Å². The summed E-state index contributed by atoms with van der Waals surface area (Å²) in [7, 11) is 0. The predicted octanol–water partition coefficient (Wildman–Crippen LogP) is 4.06. The van der Waals surface area contributed by atoms with Gasteiger partial charge in [0.1, 0.15) is 0 Å². The lowest BCUT2D eigenvalue weighted by molar-refractivity contribution is -0.121. The van der Waals surface area contributed by atoms with Crippen molar-refractivity contribution in [1.82, 2.24) is 10.2 Å². The summed E-state index contributed by atoms with van der Waals surface area (Å²) < 4.78 is 0. The first-order valence-electron chi connectivity index (χ1n) is 8.39. The zero-order valence-corrected chi connectivity index (χ0v) is 15.8. The lowest BCUT2D eigenvalue weighted by Crippen LogP contribution is -2.46. The van der Waals surface area contributed by atoms with Crippen LogP contribution in [0.25, 0.3) is 0 Å². The van der Waals surface area contributed by atoms with Gasteiger partial charge in [0.15, 0.2) is 0 Å². The largest absolute Gasteiger partial charge is 0.351 e. The molecule has 1 aromatic rings. The number of thioether (sulfide) groups is 1. The maximum atomic E-state index is 12.4. The number of rotatable bonds is 6. The first-order valence-corrected chi connectivity index (χ1v) is 9.64. The molecule has 0 saturated carbocycles. The molecule has 1 N–H and O–H groups in total. The standard InChI is InChI=1S/C18H27ClN2OS/c1-13-5-4-10-21(11-13)12-14(2)20-18(22)15(3)23-17-8-6-16(19)7-9-17/h6-9,13-15H,4-5,10-12H2,1-3H3,(H,20,22). The average molecular weight is 355 g/mol. The van der Waals surface area contributed by atoms with E-state index in [9.17, 15) is 4.79 Å². The summed E-state index contributed by atoms with van der Waals surface area (Å²) >= 11 is 7.45. The average Bonchev–Trinajstić information content (AvgIpc) is 2.49. The molecule has 3 atom stereocenters. The number of hydrogen-bond acceptors (Lipinski definition) is 3. The molecular weight excluding hydrogens is 328 g/mol. The molecule has 128 valence electrons. The summed E-state index contributed by atoms with van der Waals surface area (Å²) in [4.78, 5) is 15.9. The maximum absolute atomic E-state index is 12.4. The van der Waals surface area contributed by atoms with Crippen LogP contribution in [0.15, 0.2) is 29.2 Å². The number of nitrogens with zero attached hydrogens (tertiary/aromatic N) is 1. The van der Waals surface area contributed by atoms with E-state index in [-0.39, 0.29) is 17.2 Å². The molecule has 1 saturated heterocycles. The second-order valence-corrected chi connectivity index (χ2v) is 8.48. The molecule has 0 bridgehead atoms. The van der Waals surface area contributed by atoms with Crippen molar-refractivity contribution in [1.29, 1.82) is 0 Å². The highest BCUT2D eigenvalue weighted by atomic mass is 35.5. The Balaban J connectivity index is 1.77. The Kier molecular flexibility index (Phi) is 7.25. The third kappa shape index (κ3) is 6.36. The van der Waals surface area contributed by atoms with Gasteiger partial charge < -0.3 is 10.2 Å². The van der Waals surface area contributed by atoms with Crippen LogP contribution in [0, 0.1) is 5.92 Å². The van der Waals surface area contributed by atoms with Gasteiger partial charge in [-0.1, -0.05) is 18.5 Å². The van der Waals surface area contributed by atoms with Gasteiger partial charge >= 0.3 is 0 Å². The molecule has 1 heterocycles. The van der Waals surface area contributed by atoms with Crippen LogP contribution in [0.5, 0.6) is 0 Å². The fourth-order valence-corrected chi connectivity index (χ4v) is 4.02. The number of hydrogen-bond donors (Lipinski definition) is 1. The van der Waals surface area contributed by atoms with Gasteiger partial charge in [0, 0.05) is 29.0 Å². The third-order valence-corrected chi connectivity index (χ3v) is 5.52. The zero-order chi connectivity index (χ0) is 16.8. The van der Waals surface area contributed by atoms with Gasteiger partial charge in [0.2, 0.25) is 5.91 Å². The smallest absolute Gasteiger partial charge is 0.233 e. The molecule has 3 unspecified atom stereocenters. The van der Waals surface area contributed by atoms with E-state index >= 15 is 0 Å². The van der Waals surface area contributed by atoms with Gasteiger partial charge in [0.05, 0.1) is 5.25 Å². The van der Waals surface area contributed by atoms with Crippen LogP contribution in [0.4, 0.5) is 0 Å². The van der Waals surface area contributed by atoms with Crippen molar-refractivity contribution in [2.45, 2.75) is 49.8 Å². The quantitative estimate of drug-likeness (QED) is 0.782. The Morgan fingerprint density at radius 2 is 2.09 bits per heavy atom. The van der Waals surface area contributed by atoms with E-state index in [4.69, 9.17) is 11.6 Å². The molecule has 1 aromatic carbocycles. The lowest BCUT2D eigenvalue weighted by atomic mass is 10.00. The Hall–Kier alpha value is -0.710. The highest BCUT2D eigenvalue weighted by Gasteiger charge is 2.21. The van der Waals surface area contributed by atoms with Gasteiger partial charge in [-0.05, 0) is 63.4 Å². The minimum atomic E-state index is -0.112. The first kappa shape index (κ1) is 18.6. The molecule has 23 heavy (non-hydrogen) atoms. The van der Waals surface area contributed by atoms with Gasteiger partial charge in [-0.15, -0.1) is 11.8 Å². The number of carbonyl (C=O) groups excluding carboxylic acids is 1. The molecular formula is C18H27ClN2OS. The molecule has 0 spiro atoms. The Morgan fingerprint density at radius 1 is 1.39 bits per heavy atom. The number of piperidine rings is 1. The van der Waals surface area contributed by atoms with Crippen LogP contribution in [-0.4, -0.2) is 41.7 Å². The van der Waals surface area contributed by atoms with Crippen molar-refractivity contribution in [2.75, 3.05) is 19.6 Å². The summed E-state index contributed by atoms with van der Waals surface area (Å²) in [5.74, 6) is 0.869. The Bertz CT molecular complexity index is 508. The van der Waals surface area contributed by atoms with Crippen LogP contribution >= 0.6 is 23.4 Å². The molecule has 0 radical (unpaired) electrons. The van der Waals surface area contributed by atoms with E-state index in [1.807, 2.05) is 31.2 Å². The molecule has 1 aliphatic rings. The number of carbonyl (C=O) groups is 1. The van der Waals surface area contributed by atoms with Crippen LogP contribution in [0.2, 0.25) is 5.02 Å². The van der Waals surface area contributed by atoms with E-state index in [0.29, 0.717) is 0 Å². The van der Waals surface area contributed by atoms with E-state index in [1.165, 1.54) is 12.8 Å². The molecule has 0 aliphatic carbocycles. The van der Waals surface area contributed by atoms with Crippen molar-refractivity contribution in [2.24, 2.45) is 5.92 Å². The fraction of sp³-hybridized carbons (Fsp3) is 0.611. The highest BCUT2D eigenvalue weighted by molar-refractivity contribution is 8.00. The minimum Gasteiger partial charge on any atom is -0.351 e. The zero-order valence-electron chi connectivity index (χ0n) is 14.2. The summed E-state index contributed by atoms with van der Waals surface area (Å²) in [6.45, 7) is 9.59. The van der Waals surface area contributed by atoms with Gasteiger partial charge in [-0.2, -0.15) is 0 Å². The van der Waals surface area contributed by atoms with E-state index in [2.05, 4.69) is 24.1 Å². The molecule has 3 nitrogen and oxygen atoms in total. The van der Waals surface area contributed by atoms with Crippen LogP contribution < -0.4 is 5.32 Å². The molecule has 1 aliphatic heterocycles. The molecule has 0 aromatic heterocycles. The normalized spacial score (nSPS) is 21.7. The summed E-state index contributed by atoms with van der Waals surface area (Å²) in [5, 5.41) is 3.75. The fourth-order valence-electron chi connectivity index (χ4n) is 3.02. The summed E-state index contributed by atoms with van der Waals surface area (Å²) in [5.41, 5.74) is 0. The summed E-state index contributed by atoms with van der Waals surface area (Å²) in [6, 6.07) is 7.80. The molecule has 2 rings (SSSR count). The van der Waals surface area contributed by atoms with E-state index < -0.39 is 0 Å². The van der Waals surface area contributed by atoms with Gasteiger partial charge in [-0.3, -0.25) is 4.79 Å². The van der Waals surface area contributed by atoms with Crippen molar-refractivity contribution in [3.63, 3.8) is 0 Å². The van der Waals surface area contributed by atoms with E-state index in [1.54, 1.807) is 11.8 Å². The number of nitrogens with one attached hydrogen (secondary N) is 1. The van der Waals surface area contributed by atoms with Gasteiger partial charge in [-0.25, -0.2) is 0 Å². The second kappa shape index (κ2) is 8.95. The third-order valence-electron chi connectivity index (χ3n) is 4.16. The van der Waals surface area contributed by atoms with Crippen LogP contribution in [0.3, 0.4) is 0 Å². The predicted molar refractivity (Wildman–Crippen MR) is 99.2 cm³/mol. The molecule has 1 amide bonds. The number of likely N-dealkylation sites (tertiary alicyclic amines) is 1. The number of halogens is 1. The van der Waals surface area contributed by atoms with Crippen molar-refractivity contribution >= 4 is 29.3 Å². The second-order valence-electron chi connectivity index (χ2n) is 6.63.